The van der Waals surface area contributed by atoms with Crippen LogP contribution in [0.5, 0.6) is 0 Å². The standard InChI is InChI=1S/C16H21N3O/c20-16-15-4-3-9-19(15)14-6-5-12(10-13(14)17-16)11-18-7-1-2-8-18/h5-6,10,15H,1-4,7-9,11H2,(H,17,20). The van der Waals surface area contributed by atoms with Crippen molar-refractivity contribution in [2.24, 2.45) is 0 Å². The molecule has 2 fully saturated rings. The number of carbonyl (C=O) groups excluding carboxylic acids is 1. The van der Waals surface area contributed by atoms with Crippen molar-refractivity contribution in [3.8, 4) is 0 Å². The highest BCUT2D eigenvalue weighted by molar-refractivity contribution is 6.04. The number of nitrogens with zero attached hydrogens (tertiary/aromatic N) is 2. The summed E-state index contributed by atoms with van der Waals surface area (Å²) in [6, 6.07) is 6.65. The smallest absolute Gasteiger partial charge is 0.247 e. The van der Waals surface area contributed by atoms with Gasteiger partial charge in [0.05, 0.1) is 11.4 Å². The highest BCUT2D eigenvalue weighted by atomic mass is 16.2. The molecule has 0 radical (unpaired) electrons. The molecule has 1 aromatic rings. The summed E-state index contributed by atoms with van der Waals surface area (Å²) >= 11 is 0. The topological polar surface area (TPSA) is 35.6 Å². The van der Waals surface area contributed by atoms with Gasteiger partial charge in [0.15, 0.2) is 0 Å². The van der Waals surface area contributed by atoms with Gasteiger partial charge in [-0.15, -0.1) is 0 Å². The summed E-state index contributed by atoms with van der Waals surface area (Å²) in [7, 11) is 0. The summed E-state index contributed by atoms with van der Waals surface area (Å²) in [5.41, 5.74) is 3.52. The molecule has 0 spiro atoms. The number of amides is 1. The summed E-state index contributed by atoms with van der Waals surface area (Å²) in [5, 5.41) is 3.10. The first kappa shape index (κ1) is 12.2. The highest BCUT2D eigenvalue weighted by Crippen LogP contribution is 2.37. The minimum atomic E-state index is 0.0620. The molecule has 1 amide bonds. The lowest BCUT2D eigenvalue weighted by molar-refractivity contribution is -0.117. The highest BCUT2D eigenvalue weighted by Gasteiger charge is 2.36. The average molecular weight is 271 g/mol. The van der Waals surface area contributed by atoms with Crippen molar-refractivity contribution in [1.82, 2.24) is 4.90 Å². The van der Waals surface area contributed by atoms with Gasteiger partial charge in [-0.2, -0.15) is 0 Å². The summed E-state index contributed by atoms with van der Waals surface area (Å²) in [4.78, 5) is 16.9. The zero-order chi connectivity index (χ0) is 13.5. The number of likely N-dealkylation sites (tertiary alicyclic amines) is 1. The molecule has 1 N–H and O–H groups in total. The maximum absolute atomic E-state index is 12.1. The molecule has 2 saturated heterocycles. The van der Waals surface area contributed by atoms with Crippen molar-refractivity contribution in [2.75, 3.05) is 29.9 Å². The van der Waals surface area contributed by atoms with Crippen LogP contribution in [0, 0.1) is 0 Å². The fourth-order valence-electron chi connectivity index (χ4n) is 3.77. The summed E-state index contributed by atoms with van der Waals surface area (Å²) < 4.78 is 0. The Morgan fingerprint density at radius 1 is 1.15 bits per heavy atom. The van der Waals surface area contributed by atoms with Crippen molar-refractivity contribution in [3.05, 3.63) is 23.8 Å². The number of nitrogens with one attached hydrogen (secondary N) is 1. The Morgan fingerprint density at radius 2 is 2.00 bits per heavy atom. The van der Waals surface area contributed by atoms with Gasteiger partial charge < -0.3 is 10.2 Å². The van der Waals surface area contributed by atoms with Gasteiger partial charge in [-0.3, -0.25) is 9.69 Å². The number of carbonyl (C=O) groups is 1. The van der Waals surface area contributed by atoms with Gasteiger partial charge in [0.1, 0.15) is 6.04 Å². The van der Waals surface area contributed by atoms with Crippen LogP contribution in [0.2, 0.25) is 0 Å². The fraction of sp³-hybridized carbons (Fsp3) is 0.562. The van der Waals surface area contributed by atoms with Gasteiger partial charge in [0.2, 0.25) is 5.91 Å². The van der Waals surface area contributed by atoms with E-state index in [4.69, 9.17) is 0 Å². The number of fused-ring (bicyclic) bond motifs is 3. The minimum Gasteiger partial charge on any atom is -0.358 e. The van der Waals surface area contributed by atoms with Gasteiger partial charge in [0.25, 0.3) is 0 Å². The molecule has 20 heavy (non-hydrogen) atoms. The first-order valence-electron chi connectivity index (χ1n) is 7.74. The SMILES string of the molecule is O=C1Nc2cc(CN3CCCC3)ccc2N2CCCC12. The lowest BCUT2D eigenvalue weighted by Crippen LogP contribution is -2.43. The van der Waals surface area contributed by atoms with E-state index in [1.165, 1.54) is 37.2 Å². The number of benzene rings is 1. The fourth-order valence-corrected chi connectivity index (χ4v) is 3.77. The second-order valence-electron chi connectivity index (χ2n) is 6.18. The number of anilines is 2. The van der Waals surface area contributed by atoms with Crippen LogP contribution in [0.4, 0.5) is 11.4 Å². The Hall–Kier alpha value is -1.55. The van der Waals surface area contributed by atoms with Crippen molar-refractivity contribution in [3.63, 3.8) is 0 Å². The third-order valence-corrected chi connectivity index (χ3v) is 4.79. The van der Waals surface area contributed by atoms with Crippen LogP contribution >= 0.6 is 0 Å². The van der Waals surface area contributed by atoms with E-state index < -0.39 is 0 Å². The Bertz CT molecular complexity index is 537. The molecule has 0 aliphatic carbocycles. The minimum absolute atomic E-state index is 0.0620. The lowest BCUT2D eigenvalue weighted by atomic mass is 10.1. The van der Waals surface area contributed by atoms with Gasteiger partial charge in [-0.1, -0.05) is 6.07 Å². The molecule has 1 atom stereocenters. The normalized spacial score (nSPS) is 25.5. The molecule has 1 aromatic carbocycles. The van der Waals surface area contributed by atoms with E-state index in [1.54, 1.807) is 0 Å². The monoisotopic (exact) mass is 271 g/mol. The second-order valence-corrected chi connectivity index (χ2v) is 6.18. The van der Waals surface area contributed by atoms with Crippen LogP contribution in [0.15, 0.2) is 18.2 Å². The quantitative estimate of drug-likeness (QED) is 0.895. The predicted molar refractivity (Wildman–Crippen MR) is 80.0 cm³/mol. The molecule has 1 unspecified atom stereocenters. The zero-order valence-electron chi connectivity index (χ0n) is 11.8. The van der Waals surface area contributed by atoms with Crippen LogP contribution in [-0.4, -0.2) is 36.5 Å². The molecule has 106 valence electrons. The lowest BCUT2D eigenvalue weighted by Gasteiger charge is -2.33. The number of hydrogen-bond acceptors (Lipinski definition) is 3. The first-order valence-corrected chi connectivity index (χ1v) is 7.74. The molecule has 4 heteroatoms. The third kappa shape index (κ3) is 1.99. The van der Waals surface area contributed by atoms with Crippen LogP contribution in [-0.2, 0) is 11.3 Å². The van der Waals surface area contributed by atoms with E-state index in [1.807, 2.05) is 0 Å². The largest absolute Gasteiger partial charge is 0.358 e. The Kier molecular flexibility index (Phi) is 2.91. The van der Waals surface area contributed by atoms with Crippen molar-refractivity contribution >= 4 is 17.3 Å². The van der Waals surface area contributed by atoms with E-state index >= 15 is 0 Å². The van der Waals surface area contributed by atoms with E-state index in [0.717, 1.165) is 31.6 Å². The van der Waals surface area contributed by atoms with Crippen molar-refractivity contribution in [2.45, 2.75) is 38.3 Å². The van der Waals surface area contributed by atoms with Crippen molar-refractivity contribution < 1.29 is 4.79 Å². The Morgan fingerprint density at radius 3 is 2.85 bits per heavy atom. The molecule has 0 saturated carbocycles. The molecular formula is C16H21N3O. The van der Waals surface area contributed by atoms with Crippen LogP contribution in [0.25, 0.3) is 0 Å². The molecule has 3 aliphatic rings. The van der Waals surface area contributed by atoms with E-state index in [-0.39, 0.29) is 11.9 Å². The third-order valence-electron chi connectivity index (χ3n) is 4.79. The van der Waals surface area contributed by atoms with Crippen molar-refractivity contribution in [1.29, 1.82) is 0 Å². The molecular weight excluding hydrogens is 250 g/mol. The number of rotatable bonds is 2. The van der Waals surface area contributed by atoms with Gasteiger partial charge in [-0.25, -0.2) is 0 Å². The second kappa shape index (κ2) is 4.77. The van der Waals surface area contributed by atoms with Crippen LogP contribution in [0.1, 0.15) is 31.2 Å². The summed E-state index contributed by atoms with van der Waals surface area (Å²) in [5.74, 6) is 0.174. The van der Waals surface area contributed by atoms with E-state index in [2.05, 4.69) is 33.3 Å². The average Bonchev–Trinajstić information content (AvgIpc) is 3.09. The molecule has 0 bridgehead atoms. The zero-order valence-corrected chi connectivity index (χ0v) is 11.8. The number of hydrogen-bond donors (Lipinski definition) is 1. The van der Waals surface area contributed by atoms with Gasteiger partial charge >= 0.3 is 0 Å². The van der Waals surface area contributed by atoms with Crippen LogP contribution in [0.3, 0.4) is 0 Å². The molecule has 4 rings (SSSR count). The Balaban J connectivity index is 1.60. The van der Waals surface area contributed by atoms with Crippen LogP contribution < -0.4 is 10.2 Å². The Labute approximate surface area is 119 Å². The molecule has 3 aliphatic heterocycles. The molecule has 3 heterocycles. The summed E-state index contributed by atoms with van der Waals surface area (Å²) in [6.45, 7) is 4.43. The van der Waals surface area contributed by atoms with Gasteiger partial charge in [-0.05, 0) is 56.5 Å². The predicted octanol–water partition coefficient (Wildman–Crippen LogP) is 2.20. The first-order chi connectivity index (χ1) is 9.81. The maximum atomic E-state index is 12.1. The van der Waals surface area contributed by atoms with E-state index in [0.29, 0.717) is 0 Å². The molecule has 0 aromatic heterocycles. The summed E-state index contributed by atoms with van der Waals surface area (Å²) in [6.07, 6.45) is 4.74. The van der Waals surface area contributed by atoms with E-state index in [9.17, 15) is 4.79 Å². The molecule has 4 nitrogen and oxygen atoms in total. The maximum Gasteiger partial charge on any atom is 0.247 e. The van der Waals surface area contributed by atoms with Gasteiger partial charge in [0, 0.05) is 13.1 Å².